The van der Waals surface area contributed by atoms with E-state index in [9.17, 15) is 9.90 Å². The minimum atomic E-state index is -0.500. The van der Waals surface area contributed by atoms with Crippen LogP contribution in [0.2, 0.25) is 5.02 Å². The Morgan fingerprint density at radius 1 is 1.23 bits per heavy atom. The second kappa shape index (κ2) is 10.6. The highest BCUT2D eigenvalue weighted by Gasteiger charge is 2.25. The lowest BCUT2D eigenvalue weighted by atomic mass is 10.1. The second-order valence-corrected chi connectivity index (χ2v) is 9.83. The summed E-state index contributed by atoms with van der Waals surface area (Å²) < 4.78 is 8.77. The number of carbonyl (C=O) groups is 1. The van der Waals surface area contributed by atoms with Crippen LogP contribution >= 0.6 is 11.6 Å². The number of hydrogen-bond donors (Lipinski definition) is 3. The molecule has 5 heterocycles. The highest BCUT2D eigenvalue weighted by Crippen LogP contribution is 2.32. The van der Waals surface area contributed by atoms with Crippen molar-refractivity contribution in [1.82, 2.24) is 39.4 Å². The van der Waals surface area contributed by atoms with Crippen LogP contribution in [0.25, 0.3) is 27.6 Å². The SMILES string of the molecule is CCn1ncc2c3c(NCc4ccc(OC)c(Cl)c4)nnc(-n4cnc(NC(=O)N5CCC(O)C5)c4)c3cnc21. The number of halogens is 1. The van der Waals surface area contributed by atoms with Gasteiger partial charge in [0.15, 0.2) is 23.1 Å². The van der Waals surface area contributed by atoms with Crippen molar-refractivity contribution in [1.29, 1.82) is 0 Å². The molecule has 2 amide bonds. The van der Waals surface area contributed by atoms with Crippen LogP contribution in [0.3, 0.4) is 0 Å². The van der Waals surface area contributed by atoms with Crippen LogP contribution in [0.15, 0.2) is 43.1 Å². The fourth-order valence-electron chi connectivity index (χ4n) is 4.82. The minimum absolute atomic E-state index is 0.299. The number of likely N-dealkylation sites (tertiary alicyclic amines) is 1. The number of aryl methyl sites for hydroxylation is 1. The first-order chi connectivity index (χ1) is 19.4. The van der Waals surface area contributed by atoms with E-state index in [1.54, 1.807) is 41.5 Å². The molecule has 1 aliphatic rings. The molecule has 0 aliphatic carbocycles. The molecule has 0 spiro atoms. The highest BCUT2D eigenvalue weighted by molar-refractivity contribution is 6.32. The summed E-state index contributed by atoms with van der Waals surface area (Å²) >= 11 is 6.32. The van der Waals surface area contributed by atoms with Gasteiger partial charge < -0.3 is 20.1 Å². The van der Waals surface area contributed by atoms with Crippen LogP contribution in [-0.2, 0) is 13.1 Å². The number of aliphatic hydroxyl groups excluding tert-OH is 1. The number of methoxy groups -OCH3 is 1. The van der Waals surface area contributed by atoms with Crippen molar-refractivity contribution in [3.63, 3.8) is 0 Å². The third-order valence-electron chi connectivity index (χ3n) is 6.88. The number of ether oxygens (including phenoxy) is 1. The number of amides is 2. The van der Waals surface area contributed by atoms with Crippen LogP contribution in [0.4, 0.5) is 16.4 Å². The number of benzene rings is 1. The van der Waals surface area contributed by atoms with Crippen LogP contribution in [0.1, 0.15) is 18.9 Å². The zero-order valence-electron chi connectivity index (χ0n) is 21.9. The molecule has 0 radical (unpaired) electrons. The van der Waals surface area contributed by atoms with E-state index in [1.165, 1.54) is 0 Å². The number of hydrogen-bond acceptors (Lipinski definition) is 9. The van der Waals surface area contributed by atoms with Crippen molar-refractivity contribution in [3.8, 4) is 11.6 Å². The first-order valence-corrected chi connectivity index (χ1v) is 13.2. The molecule has 1 aliphatic heterocycles. The summed E-state index contributed by atoms with van der Waals surface area (Å²) in [6.45, 7) is 3.91. The molecule has 1 fully saturated rings. The number of urea groups is 1. The maximum absolute atomic E-state index is 12.6. The third-order valence-corrected chi connectivity index (χ3v) is 7.17. The molecule has 14 heteroatoms. The van der Waals surface area contributed by atoms with Gasteiger partial charge in [-0.25, -0.2) is 19.4 Å². The molecule has 0 saturated carbocycles. The maximum Gasteiger partial charge on any atom is 0.323 e. The molecular weight excluding hydrogens is 536 g/mol. The van der Waals surface area contributed by atoms with Gasteiger partial charge in [0.25, 0.3) is 0 Å². The van der Waals surface area contributed by atoms with Crippen LogP contribution in [0, 0.1) is 0 Å². The Morgan fingerprint density at radius 2 is 2.10 bits per heavy atom. The second-order valence-electron chi connectivity index (χ2n) is 9.42. The van der Waals surface area contributed by atoms with E-state index < -0.39 is 6.10 Å². The average molecular weight is 563 g/mol. The van der Waals surface area contributed by atoms with E-state index in [2.05, 4.69) is 35.9 Å². The fraction of sp³-hybridized carbons (Fsp3) is 0.308. The van der Waals surface area contributed by atoms with E-state index in [4.69, 9.17) is 16.3 Å². The fourth-order valence-corrected chi connectivity index (χ4v) is 5.10. The van der Waals surface area contributed by atoms with Gasteiger partial charge in [-0.2, -0.15) is 5.10 Å². The Hall–Kier alpha value is -4.49. The number of β-amino-alcohol motifs (C(OH)–C–C–N with tert-alkyl or cyclic N) is 1. The predicted octanol–water partition coefficient (Wildman–Crippen LogP) is 3.45. The van der Waals surface area contributed by atoms with Gasteiger partial charge in [-0.3, -0.25) is 9.88 Å². The number of aliphatic hydroxyl groups is 1. The number of carbonyl (C=O) groups excluding carboxylic acids is 1. The smallest absolute Gasteiger partial charge is 0.323 e. The molecule has 1 unspecified atom stereocenters. The number of nitrogens with zero attached hydrogens (tertiary/aromatic N) is 8. The van der Waals surface area contributed by atoms with E-state index >= 15 is 0 Å². The molecule has 4 aromatic heterocycles. The molecule has 0 bridgehead atoms. The summed E-state index contributed by atoms with van der Waals surface area (Å²) in [5.74, 6) is 2.02. The standard InChI is InChI=1S/C26H27ClN10O3/c1-3-37-24-18(11-31-37)22-17(10-29-24)25(34-33-23(22)28-9-15-4-5-20(40-2)19(27)8-15)36-13-21(30-14-36)32-26(39)35-7-6-16(38)12-35/h4-5,8,10-11,13-14,16,38H,3,6-7,9,12H2,1-2H3,(H,28,33)(H,32,39). The molecule has 6 rings (SSSR count). The summed E-state index contributed by atoms with van der Waals surface area (Å²) in [5.41, 5.74) is 1.68. The van der Waals surface area contributed by atoms with Gasteiger partial charge in [0.2, 0.25) is 0 Å². The van der Waals surface area contributed by atoms with Crippen molar-refractivity contribution in [2.24, 2.45) is 0 Å². The number of fused-ring (bicyclic) bond motifs is 3. The maximum atomic E-state index is 12.6. The molecule has 3 N–H and O–H groups in total. The number of pyridine rings is 1. The summed E-state index contributed by atoms with van der Waals surface area (Å²) in [6, 6.07) is 5.28. The van der Waals surface area contributed by atoms with Gasteiger partial charge in [0, 0.05) is 43.1 Å². The number of aromatic nitrogens is 7. The zero-order chi connectivity index (χ0) is 27.8. The van der Waals surface area contributed by atoms with Crippen molar-refractivity contribution < 1.29 is 14.6 Å². The molecule has 206 valence electrons. The number of rotatable bonds is 7. The first kappa shape index (κ1) is 25.8. The molecule has 40 heavy (non-hydrogen) atoms. The first-order valence-electron chi connectivity index (χ1n) is 12.8. The Kier molecular flexibility index (Phi) is 6.82. The normalized spacial score (nSPS) is 15.2. The van der Waals surface area contributed by atoms with Gasteiger partial charge in [-0.05, 0) is 31.0 Å². The van der Waals surface area contributed by atoms with Gasteiger partial charge in [0.1, 0.15) is 12.1 Å². The van der Waals surface area contributed by atoms with E-state index in [0.29, 0.717) is 60.8 Å². The van der Waals surface area contributed by atoms with E-state index in [-0.39, 0.29) is 6.03 Å². The van der Waals surface area contributed by atoms with E-state index in [1.807, 2.05) is 29.8 Å². The predicted molar refractivity (Wildman–Crippen MR) is 150 cm³/mol. The largest absolute Gasteiger partial charge is 0.495 e. The lowest BCUT2D eigenvalue weighted by molar-refractivity contribution is 0.176. The molecule has 5 aromatic rings. The molecular formula is C26H27ClN10O3. The Bertz CT molecular complexity index is 1720. The van der Waals surface area contributed by atoms with E-state index in [0.717, 1.165) is 27.4 Å². The van der Waals surface area contributed by atoms with Gasteiger partial charge >= 0.3 is 6.03 Å². The summed E-state index contributed by atoms with van der Waals surface area (Å²) in [6.07, 6.45) is 6.81. The summed E-state index contributed by atoms with van der Waals surface area (Å²) in [4.78, 5) is 23.1. The number of imidazole rings is 1. The van der Waals surface area contributed by atoms with Crippen molar-refractivity contribution >= 4 is 51.1 Å². The van der Waals surface area contributed by atoms with Crippen molar-refractivity contribution in [3.05, 3.63) is 53.7 Å². The van der Waals surface area contributed by atoms with Gasteiger partial charge in [-0.1, -0.05) is 17.7 Å². The van der Waals surface area contributed by atoms with Crippen LogP contribution in [-0.4, -0.2) is 76.9 Å². The summed E-state index contributed by atoms with van der Waals surface area (Å²) in [7, 11) is 1.58. The number of anilines is 2. The zero-order valence-corrected chi connectivity index (χ0v) is 22.6. The Morgan fingerprint density at radius 3 is 2.85 bits per heavy atom. The molecule has 13 nitrogen and oxygen atoms in total. The Labute approximate surface area is 233 Å². The lowest BCUT2D eigenvalue weighted by Gasteiger charge is -2.15. The van der Waals surface area contributed by atoms with Gasteiger partial charge in [-0.15, -0.1) is 10.2 Å². The van der Waals surface area contributed by atoms with Gasteiger partial charge in [0.05, 0.1) is 36.0 Å². The van der Waals surface area contributed by atoms with Crippen molar-refractivity contribution in [2.45, 2.75) is 32.5 Å². The third kappa shape index (κ3) is 4.73. The lowest BCUT2D eigenvalue weighted by Crippen LogP contribution is -2.33. The summed E-state index contributed by atoms with van der Waals surface area (Å²) in [5, 5.41) is 32.3. The minimum Gasteiger partial charge on any atom is -0.495 e. The monoisotopic (exact) mass is 562 g/mol. The molecule has 1 aromatic carbocycles. The highest BCUT2D eigenvalue weighted by atomic mass is 35.5. The average Bonchev–Trinajstić information content (AvgIpc) is 3.71. The number of nitrogens with one attached hydrogen (secondary N) is 2. The van der Waals surface area contributed by atoms with Crippen LogP contribution in [0.5, 0.6) is 5.75 Å². The quantitative estimate of drug-likeness (QED) is 0.271. The topological polar surface area (TPSA) is 148 Å². The van der Waals surface area contributed by atoms with Crippen molar-refractivity contribution in [2.75, 3.05) is 30.8 Å². The van der Waals surface area contributed by atoms with Crippen LogP contribution < -0.4 is 15.4 Å². The Balaban J connectivity index is 1.35. The molecule has 1 atom stereocenters. The molecule has 1 saturated heterocycles.